The number of aryl methyl sites for hydroxylation is 3. The molecule has 0 atom stereocenters. The van der Waals surface area contributed by atoms with E-state index >= 15 is 0 Å². The number of aromatic nitrogens is 4. The molecule has 86 valence electrons. The molecule has 0 unspecified atom stereocenters. The number of nitrogens with one attached hydrogen (secondary N) is 1. The van der Waals surface area contributed by atoms with Crippen LogP contribution < -0.4 is 0 Å². The Labute approximate surface area is 103 Å². The van der Waals surface area contributed by atoms with Crippen LogP contribution in [0.25, 0.3) is 21.9 Å². The first-order chi connectivity index (χ1) is 8.13. The summed E-state index contributed by atoms with van der Waals surface area (Å²) >= 11 is 1.65. The van der Waals surface area contributed by atoms with Gasteiger partial charge in [0.15, 0.2) is 11.5 Å². The van der Waals surface area contributed by atoms with Crippen molar-refractivity contribution in [2.24, 2.45) is 0 Å². The summed E-state index contributed by atoms with van der Waals surface area (Å²) in [5.74, 6) is 0.862. The Morgan fingerprint density at radius 3 is 2.71 bits per heavy atom. The highest BCUT2D eigenvalue weighted by Crippen LogP contribution is 2.28. The standard InChI is InChI=1S/C12H12N4S/c1-6-4-9-11(13-5-6)16-12(15-9)10-7(2)14-8(3)17-10/h4-5H,1-3H3,(H,13,15,16). The van der Waals surface area contributed by atoms with Crippen LogP contribution >= 0.6 is 11.3 Å². The smallest absolute Gasteiger partial charge is 0.178 e. The Bertz CT molecular complexity index is 696. The van der Waals surface area contributed by atoms with Crippen LogP contribution in [0.2, 0.25) is 0 Å². The van der Waals surface area contributed by atoms with Gasteiger partial charge in [0.2, 0.25) is 0 Å². The Morgan fingerprint density at radius 2 is 2.00 bits per heavy atom. The van der Waals surface area contributed by atoms with Crippen molar-refractivity contribution in [1.82, 2.24) is 19.9 Å². The number of imidazole rings is 1. The normalized spacial score (nSPS) is 11.2. The summed E-state index contributed by atoms with van der Waals surface area (Å²) in [4.78, 5) is 17.6. The Balaban J connectivity index is 2.21. The fourth-order valence-corrected chi connectivity index (χ4v) is 2.73. The van der Waals surface area contributed by atoms with Gasteiger partial charge in [0.05, 0.1) is 21.1 Å². The lowest BCUT2D eigenvalue weighted by atomic mass is 10.3. The van der Waals surface area contributed by atoms with Crippen molar-refractivity contribution in [3.05, 3.63) is 28.5 Å². The molecule has 4 nitrogen and oxygen atoms in total. The molecule has 0 aliphatic carbocycles. The Hall–Kier alpha value is -1.75. The van der Waals surface area contributed by atoms with E-state index in [-0.39, 0.29) is 0 Å². The molecule has 3 aromatic rings. The maximum atomic E-state index is 4.50. The Kier molecular flexibility index (Phi) is 2.22. The van der Waals surface area contributed by atoms with Crippen LogP contribution in [0.15, 0.2) is 12.3 Å². The molecule has 3 heterocycles. The molecule has 0 radical (unpaired) electrons. The SMILES string of the molecule is Cc1cnc2nc(-c3sc(C)nc3C)[nH]c2c1. The predicted octanol–water partition coefficient (Wildman–Crippen LogP) is 3.01. The van der Waals surface area contributed by atoms with Gasteiger partial charge in [-0.25, -0.2) is 15.0 Å². The molecular formula is C12H12N4S. The van der Waals surface area contributed by atoms with Crippen LogP contribution in [-0.2, 0) is 0 Å². The lowest BCUT2D eigenvalue weighted by molar-refractivity contribution is 1.19. The average Bonchev–Trinajstić information content (AvgIpc) is 2.80. The van der Waals surface area contributed by atoms with Gasteiger partial charge in [-0.3, -0.25) is 0 Å². The first-order valence-electron chi connectivity index (χ1n) is 5.40. The van der Waals surface area contributed by atoms with Gasteiger partial charge in [0, 0.05) is 6.20 Å². The number of nitrogens with zero attached hydrogens (tertiary/aromatic N) is 3. The monoisotopic (exact) mass is 244 g/mol. The number of thiazole rings is 1. The lowest BCUT2D eigenvalue weighted by Crippen LogP contribution is -1.79. The highest BCUT2D eigenvalue weighted by Gasteiger charge is 2.12. The zero-order chi connectivity index (χ0) is 12.0. The number of hydrogen-bond donors (Lipinski definition) is 1. The second kappa shape index (κ2) is 3.63. The minimum Gasteiger partial charge on any atom is -0.336 e. The topological polar surface area (TPSA) is 54.5 Å². The maximum Gasteiger partial charge on any atom is 0.178 e. The van der Waals surface area contributed by atoms with Crippen LogP contribution in [0, 0.1) is 20.8 Å². The van der Waals surface area contributed by atoms with Gasteiger partial charge in [-0.15, -0.1) is 11.3 Å². The summed E-state index contributed by atoms with van der Waals surface area (Å²) in [6, 6.07) is 2.06. The highest BCUT2D eigenvalue weighted by molar-refractivity contribution is 7.15. The largest absolute Gasteiger partial charge is 0.336 e. The van der Waals surface area contributed by atoms with Crippen LogP contribution in [-0.4, -0.2) is 19.9 Å². The first-order valence-corrected chi connectivity index (χ1v) is 6.22. The molecule has 5 heteroatoms. The molecular weight excluding hydrogens is 232 g/mol. The van der Waals surface area contributed by atoms with Crippen molar-refractivity contribution in [1.29, 1.82) is 0 Å². The van der Waals surface area contributed by atoms with E-state index in [1.165, 1.54) is 0 Å². The summed E-state index contributed by atoms with van der Waals surface area (Å²) in [5, 5.41) is 1.06. The van der Waals surface area contributed by atoms with E-state index in [0.29, 0.717) is 0 Å². The number of rotatable bonds is 1. The molecule has 0 aliphatic rings. The molecule has 0 amide bonds. The molecule has 3 aromatic heterocycles. The van der Waals surface area contributed by atoms with Crippen molar-refractivity contribution in [3.63, 3.8) is 0 Å². The zero-order valence-electron chi connectivity index (χ0n) is 9.90. The van der Waals surface area contributed by atoms with E-state index in [1.54, 1.807) is 11.3 Å². The predicted molar refractivity (Wildman–Crippen MR) is 69.2 cm³/mol. The second-order valence-electron chi connectivity index (χ2n) is 4.12. The zero-order valence-corrected chi connectivity index (χ0v) is 10.7. The van der Waals surface area contributed by atoms with Crippen LogP contribution in [0.5, 0.6) is 0 Å². The summed E-state index contributed by atoms with van der Waals surface area (Å²) in [7, 11) is 0. The number of aromatic amines is 1. The quantitative estimate of drug-likeness (QED) is 0.716. The van der Waals surface area contributed by atoms with Gasteiger partial charge in [-0.2, -0.15) is 0 Å². The van der Waals surface area contributed by atoms with Crippen LogP contribution in [0.3, 0.4) is 0 Å². The number of fused-ring (bicyclic) bond motifs is 1. The summed E-state index contributed by atoms with van der Waals surface area (Å²) in [5.41, 5.74) is 3.88. The van der Waals surface area contributed by atoms with E-state index in [1.807, 2.05) is 27.0 Å². The fraction of sp³-hybridized carbons (Fsp3) is 0.250. The third-order valence-electron chi connectivity index (χ3n) is 2.59. The molecule has 0 bridgehead atoms. The lowest BCUT2D eigenvalue weighted by Gasteiger charge is -1.90. The van der Waals surface area contributed by atoms with Gasteiger partial charge in [0.25, 0.3) is 0 Å². The van der Waals surface area contributed by atoms with Crippen LogP contribution in [0.1, 0.15) is 16.3 Å². The first kappa shape index (κ1) is 10.4. The minimum absolute atomic E-state index is 0.760. The molecule has 0 saturated carbocycles. The third kappa shape index (κ3) is 1.72. The number of H-pyrrole nitrogens is 1. The molecule has 0 saturated heterocycles. The Morgan fingerprint density at radius 1 is 1.18 bits per heavy atom. The van der Waals surface area contributed by atoms with Crippen molar-refractivity contribution >= 4 is 22.5 Å². The average molecular weight is 244 g/mol. The van der Waals surface area contributed by atoms with E-state index in [9.17, 15) is 0 Å². The van der Waals surface area contributed by atoms with Gasteiger partial charge in [-0.1, -0.05) is 0 Å². The van der Waals surface area contributed by atoms with Gasteiger partial charge >= 0.3 is 0 Å². The maximum absolute atomic E-state index is 4.50. The molecule has 0 aromatic carbocycles. The summed E-state index contributed by atoms with van der Waals surface area (Å²) in [6.07, 6.45) is 1.83. The van der Waals surface area contributed by atoms with Crippen molar-refractivity contribution in [2.45, 2.75) is 20.8 Å². The van der Waals surface area contributed by atoms with Crippen molar-refractivity contribution < 1.29 is 0 Å². The minimum atomic E-state index is 0.760. The number of hydrogen-bond acceptors (Lipinski definition) is 4. The van der Waals surface area contributed by atoms with Gasteiger partial charge < -0.3 is 4.98 Å². The molecule has 0 spiro atoms. The van der Waals surface area contributed by atoms with E-state index in [4.69, 9.17) is 0 Å². The molecule has 17 heavy (non-hydrogen) atoms. The highest BCUT2D eigenvalue weighted by atomic mass is 32.1. The summed E-state index contributed by atoms with van der Waals surface area (Å²) in [6.45, 7) is 6.03. The third-order valence-corrected chi connectivity index (χ3v) is 3.67. The van der Waals surface area contributed by atoms with Gasteiger partial charge in [0.1, 0.15) is 0 Å². The van der Waals surface area contributed by atoms with E-state index < -0.39 is 0 Å². The van der Waals surface area contributed by atoms with Crippen molar-refractivity contribution in [3.8, 4) is 10.7 Å². The van der Waals surface area contributed by atoms with Gasteiger partial charge in [-0.05, 0) is 32.4 Å². The molecule has 0 fully saturated rings. The second-order valence-corrected chi connectivity index (χ2v) is 5.32. The number of pyridine rings is 1. The van der Waals surface area contributed by atoms with Crippen molar-refractivity contribution in [2.75, 3.05) is 0 Å². The van der Waals surface area contributed by atoms with E-state index in [0.717, 1.165) is 38.1 Å². The molecule has 1 N–H and O–H groups in total. The van der Waals surface area contributed by atoms with E-state index in [2.05, 4.69) is 26.0 Å². The molecule has 3 rings (SSSR count). The van der Waals surface area contributed by atoms with Crippen LogP contribution in [0.4, 0.5) is 0 Å². The fourth-order valence-electron chi connectivity index (χ4n) is 1.86. The summed E-state index contributed by atoms with van der Waals surface area (Å²) < 4.78 is 0. The molecule has 0 aliphatic heterocycles.